The predicted octanol–water partition coefficient (Wildman–Crippen LogP) is 2.76. The van der Waals surface area contributed by atoms with Crippen LogP contribution in [0, 0.1) is 6.92 Å². The molecule has 0 bridgehead atoms. The molecule has 0 amide bonds. The van der Waals surface area contributed by atoms with Crippen molar-refractivity contribution in [2.75, 3.05) is 13.6 Å². The zero-order valence-electron chi connectivity index (χ0n) is 12.4. The van der Waals surface area contributed by atoms with Gasteiger partial charge in [0, 0.05) is 19.6 Å². The van der Waals surface area contributed by atoms with Crippen molar-refractivity contribution in [1.82, 2.24) is 24.8 Å². The smallest absolute Gasteiger partial charge is 0.279 e. The Morgan fingerprint density at radius 1 is 1.25 bits per heavy atom. The number of hydrogen-bond acceptors (Lipinski definition) is 5. The van der Waals surface area contributed by atoms with Crippen molar-refractivity contribution in [2.24, 2.45) is 0 Å². The largest absolute Gasteiger partial charge is 0.332 e. The molecule has 110 valence electrons. The molecule has 3 rings (SSSR count). The molecule has 0 atom stereocenters. The number of aromatic nitrogens is 4. The van der Waals surface area contributed by atoms with Crippen molar-refractivity contribution in [2.45, 2.75) is 40.3 Å². The first-order valence-corrected chi connectivity index (χ1v) is 7.27. The molecule has 0 N–H and O–H groups in total. The summed E-state index contributed by atoms with van der Waals surface area (Å²) in [6.45, 7) is 8.48. The standard InChI is InChI=1S/C11H14ClN5O.C2H6/c1-7-13-11(18-15-7)10-9(12)8-6-16(2)4-3-5-17(8)14-10;1-2/h3-6H2,1-2H3;1-2H3. The molecule has 0 spiro atoms. The maximum absolute atomic E-state index is 6.39. The third-order valence-corrected chi connectivity index (χ3v) is 3.45. The van der Waals surface area contributed by atoms with Crippen LogP contribution in [-0.2, 0) is 13.1 Å². The molecule has 0 aromatic carbocycles. The van der Waals surface area contributed by atoms with Gasteiger partial charge in [0.25, 0.3) is 5.89 Å². The minimum absolute atomic E-state index is 0.390. The van der Waals surface area contributed by atoms with E-state index in [-0.39, 0.29) is 0 Å². The van der Waals surface area contributed by atoms with Crippen molar-refractivity contribution in [3.8, 4) is 11.6 Å². The lowest BCUT2D eigenvalue weighted by Crippen LogP contribution is -2.17. The van der Waals surface area contributed by atoms with Crippen LogP contribution in [0.5, 0.6) is 0 Å². The molecular formula is C13H20ClN5O. The van der Waals surface area contributed by atoms with Crippen LogP contribution < -0.4 is 0 Å². The van der Waals surface area contributed by atoms with Gasteiger partial charge in [0.15, 0.2) is 11.5 Å². The van der Waals surface area contributed by atoms with Gasteiger partial charge in [-0.2, -0.15) is 10.1 Å². The third kappa shape index (κ3) is 2.86. The van der Waals surface area contributed by atoms with Crippen LogP contribution in [0.2, 0.25) is 5.02 Å². The molecule has 0 saturated heterocycles. The summed E-state index contributed by atoms with van der Waals surface area (Å²) in [6, 6.07) is 0. The van der Waals surface area contributed by atoms with E-state index >= 15 is 0 Å². The number of fused-ring (bicyclic) bond motifs is 1. The highest BCUT2D eigenvalue weighted by Crippen LogP contribution is 2.30. The molecular weight excluding hydrogens is 278 g/mol. The summed E-state index contributed by atoms with van der Waals surface area (Å²) < 4.78 is 7.08. The second-order valence-corrected chi connectivity index (χ2v) is 4.95. The maximum atomic E-state index is 6.39. The lowest BCUT2D eigenvalue weighted by Gasteiger charge is -2.11. The van der Waals surface area contributed by atoms with Crippen molar-refractivity contribution >= 4 is 11.6 Å². The summed E-state index contributed by atoms with van der Waals surface area (Å²) in [5, 5.41) is 8.88. The number of halogens is 1. The Kier molecular flexibility index (Phi) is 4.77. The second kappa shape index (κ2) is 6.37. The molecule has 1 aliphatic heterocycles. The lowest BCUT2D eigenvalue weighted by molar-refractivity contribution is 0.332. The Labute approximate surface area is 123 Å². The van der Waals surface area contributed by atoms with Crippen molar-refractivity contribution < 1.29 is 4.52 Å². The summed E-state index contributed by atoms with van der Waals surface area (Å²) in [5.74, 6) is 0.974. The van der Waals surface area contributed by atoms with E-state index in [0.717, 1.165) is 31.7 Å². The van der Waals surface area contributed by atoms with Crippen LogP contribution >= 0.6 is 11.6 Å². The molecule has 0 fully saturated rings. The molecule has 6 nitrogen and oxygen atoms in total. The topological polar surface area (TPSA) is 60.0 Å². The van der Waals surface area contributed by atoms with Gasteiger partial charge in [-0.1, -0.05) is 30.6 Å². The fraction of sp³-hybridized carbons (Fsp3) is 0.615. The maximum Gasteiger partial charge on any atom is 0.279 e. The monoisotopic (exact) mass is 297 g/mol. The Hall–Kier alpha value is -1.40. The summed E-state index contributed by atoms with van der Waals surface area (Å²) in [5.41, 5.74) is 1.60. The first kappa shape index (κ1) is 15.0. The van der Waals surface area contributed by atoms with Crippen LogP contribution in [0.3, 0.4) is 0 Å². The summed E-state index contributed by atoms with van der Waals surface area (Å²) in [7, 11) is 2.08. The quantitative estimate of drug-likeness (QED) is 0.810. The Balaban J connectivity index is 0.000000704. The predicted molar refractivity (Wildman–Crippen MR) is 77.6 cm³/mol. The highest BCUT2D eigenvalue weighted by atomic mass is 35.5. The molecule has 7 heteroatoms. The van der Waals surface area contributed by atoms with Gasteiger partial charge in [0.05, 0.1) is 10.7 Å². The first-order chi connectivity index (χ1) is 9.65. The highest BCUT2D eigenvalue weighted by molar-refractivity contribution is 6.33. The van der Waals surface area contributed by atoms with Gasteiger partial charge in [-0.25, -0.2) is 0 Å². The molecule has 0 aliphatic carbocycles. The SMILES string of the molecule is CC.Cc1noc(-c2nn3c(c2Cl)CN(C)CCC3)n1. The minimum Gasteiger partial charge on any atom is -0.332 e. The summed E-state index contributed by atoms with van der Waals surface area (Å²) in [6.07, 6.45) is 1.06. The molecule has 2 aromatic rings. The van der Waals surface area contributed by atoms with E-state index in [4.69, 9.17) is 16.1 Å². The average molecular weight is 298 g/mol. The average Bonchev–Trinajstić information content (AvgIpc) is 2.93. The van der Waals surface area contributed by atoms with Gasteiger partial charge in [-0.05, 0) is 20.4 Å². The van der Waals surface area contributed by atoms with Gasteiger partial charge in [0.1, 0.15) is 0 Å². The van der Waals surface area contributed by atoms with E-state index < -0.39 is 0 Å². The molecule has 0 radical (unpaired) electrons. The van der Waals surface area contributed by atoms with Crippen LogP contribution in [0.25, 0.3) is 11.6 Å². The molecule has 0 saturated carbocycles. The zero-order chi connectivity index (χ0) is 14.7. The molecule has 0 unspecified atom stereocenters. The zero-order valence-corrected chi connectivity index (χ0v) is 13.1. The molecule has 2 aromatic heterocycles. The van der Waals surface area contributed by atoms with Crippen LogP contribution in [0.15, 0.2) is 4.52 Å². The van der Waals surface area contributed by atoms with Crippen molar-refractivity contribution in [1.29, 1.82) is 0 Å². The van der Waals surface area contributed by atoms with Gasteiger partial charge >= 0.3 is 0 Å². The Morgan fingerprint density at radius 3 is 2.65 bits per heavy atom. The molecule has 3 heterocycles. The van der Waals surface area contributed by atoms with Gasteiger partial charge < -0.3 is 9.42 Å². The van der Waals surface area contributed by atoms with Crippen LogP contribution in [0.1, 0.15) is 31.8 Å². The fourth-order valence-electron chi connectivity index (χ4n) is 2.17. The van der Waals surface area contributed by atoms with E-state index in [1.165, 1.54) is 0 Å². The number of hydrogen-bond donors (Lipinski definition) is 0. The van der Waals surface area contributed by atoms with E-state index in [1.807, 2.05) is 18.5 Å². The van der Waals surface area contributed by atoms with Crippen molar-refractivity contribution in [3.63, 3.8) is 0 Å². The lowest BCUT2D eigenvalue weighted by atomic mass is 10.3. The fourth-order valence-corrected chi connectivity index (χ4v) is 2.44. The minimum atomic E-state index is 0.390. The highest BCUT2D eigenvalue weighted by Gasteiger charge is 2.23. The summed E-state index contributed by atoms with van der Waals surface area (Å²) in [4.78, 5) is 6.41. The number of nitrogens with zero attached hydrogens (tertiary/aromatic N) is 5. The van der Waals surface area contributed by atoms with E-state index in [2.05, 4.69) is 27.2 Å². The van der Waals surface area contributed by atoms with Gasteiger partial charge in [0.2, 0.25) is 0 Å². The van der Waals surface area contributed by atoms with E-state index in [9.17, 15) is 0 Å². The number of aryl methyl sites for hydroxylation is 2. The Morgan fingerprint density at radius 2 is 2.00 bits per heavy atom. The van der Waals surface area contributed by atoms with Crippen LogP contribution in [0.4, 0.5) is 0 Å². The normalized spacial score (nSPS) is 15.2. The third-order valence-electron chi connectivity index (χ3n) is 3.05. The summed E-state index contributed by atoms with van der Waals surface area (Å²) >= 11 is 6.39. The molecule has 1 aliphatic rings. The van der Waals surface area contributed by atoms with Gasteiger partial charge in [-0.15, -0.1) is 0 Å². The van der Waals surface area contributed by atoms with Crippen LogP contribution in [-0.4, -0.2) is 38.4 Å². The van der Waals surface area contributed by atoms with E-state index in [1.54, 1.807) is 6.92 Å². The van der Waals surface area contributed by atoms with Gasteiger partial charge in [-0.3, -0.25) is 4.68 Å². The van der Waals surface area contributed by atoms with E-state index in [0.29, 0.717) is 22.4 Å². The van der Waals surface area contributed by atoms with Crippen molar-refractivity contribution in [3.05, 3.63) is 16.5 Å². The molecule has 20 heavy (non-hydrogen) atoms. The first-order valence-electron chi connectivity index (χ1n) is 6.89. The second-order valence-electron chi connectivity index (χ2n) is 4.57. The number of rotatable bonds is 1. The Bertz CT molecular complexity index is 577.